The second-order valence-electron chi connectivity index (χ2n) is 3.32. The number of hydrogen-bond acceptors (Lipinski definition) is 3. The van der Waals surface area contributed by atoms with E-state index in [0.717, 1.165) is 27.3 Å². The van der Waals surface area contributed by atoms with Crippen LogP contribution in [0.5, 0.6) is 5.75 Å². The van der Waals surface area contributed by atoms with Gasteiger partial charge in [-0.25, -0.2) is 0 Å². The van der Waals surface area contributed by atoms with Crippen molar-refractivity contribution in [1.29, 1.82) is 0 Å². The topological polar surface area (TPSA) is 73.6 Å². The second-order valence-corrected chi connectivity index (χ2v) is 5.34. The summed E-state index contributed by atoms with van der Waals surface area (Å²) in [4.78, 5) is 3.93. The first-order valence-corrected chi connectivity index (χ1v) is 7.04. The highest BCUT2D eigenvalue weighted by Crippen LogP contribution is 2.26. The van der Waals surface area contributed by atoms with Gasteiger partial charge in [0.05, 0.1) is 13.7 Å². The predicted molar refractivity (Wildman–Crippen MR) is 77.5 cm³/mol. The van der Waals surface area contributed by atoms with Gasteiger partial charge in [0.2, 0.25) is 0 Å². The smallest absolute Gasteiger partial charge is 0.185 e. The summed E-state index contributed by atoms with van der Waals surface area (Å²) in [5.41, 5.74) is 11.7. The van der Waals surface area contributed by atoms with Gasteiger partial charge in [0.15, 0.2) is 5.96 Å². The van der Waals surface area contributed by atoms with Crippen LogP contribution in [-0.4, -0.2) is 25.4 Å². The Bertz CT molecular complexity index is 394. The fourth-order valence-corrected chi connectivity index (χ4v) is 2.50. The van der Waals surface area contributed by atoms with Crippen LogP contribution in [0.4, 0.5) is 0 Å². The monoisotopic (exact) mass is 317 g/mol. The number of nitrogens with two attached hydrogens (primary N) is 2. The van der Waals surface area contributed by atoms with Crippen LogP contribution in [-0.2, 0) is 5.75 Å². The lowest BCUT2D eigenvalue weighted by atomic mass is 10.2. The largest absolute Gasteiger partial charge is 0.496 e. The number of methoxy groups -OCH3 is 1. The number of nitrogens with zero attached hydrogens (tertiary/aromatic N) is 1. The Balaban J connectivity index is 2.45. The van der Waals surface area contributed by atoms with Crippen molar-refractivity contribution in [1.82, 2.24) is 0 Å². The molecule has 0 amide bonds. The van der Waals surface area contributed by atoms with E-state index < -0.39 is 0 Å². The SMILES string of the molecule is COc1ccc(Br)cc1CSCCN=C(N)N. The molecule has 0 aliphatic rings. The highest BCUT2D eigenvalue weighted by atomic mass is 79.9. The molecule has 0 aliphatic carbocycles. The van der Waals surface area contributed by atoms with Crippen LogP contribution >= 0.6 is 27.7 Å². The molecule has 17 heavy (non-hydrogen) atoms. The van der Waals surface area contributed by atoms with E-state index in [1.54, 1.807) is 18.9 Å². The third kappa shape index (κ3) is 5.32. The number of guanidine groups is 1. The van der Waals surface area contributed by atoms with Gasteiger partial charge in [-0.05, 0) is 18.2 Å². The molecule has 4 N–H and O–H groups in total. The van der Waals surface area contributed by atoms with Crippen LogP contribution in [0.2, 0.25) is 0 Å². The van der Waals surface area contributed by atoms with E-state index in [4.69, 9.17) is 16.2 Å². The molecule has 0 aliphatic heterocycles. The molecule has 0 bridgehead atoms. The molecule has 0 heterocycles. The minimum atomic E-state index is 0.144. The molecule has 1 aromatic rings. The summed E-state index contributed by atoms with van der Waals surface area (Å²) in [6.45, 7) is 0.642. The number of hydrogen-bond donors (Lipinski definition) is 2. The lowest BCUT2D eigenvalue weighted by Crippen LogP contribution is -2.23. The number of aliphatic imine (C=N–C) groups is 1. The molecule has 1 aromatic carbocycles. The van der Waals surface area contributed by atoms with E-state index in [9.17, 15) is 0 Å². The predicted octanol–water partition coefficient (Wildman–Crippen LogP) is 1.96. The summed E-state index contributed by atoms with van der Waals surface area (Å²) in [5, 5.41) is 0. The van der Waals surface area contributed by atoms with Crippen molar-refractivity contribution in [3.8, 4) is 5.75 Å². The van der Waals surface area contributed by atoms with Crippen molar-refractivity contribution in [3.05, 3.63) is 28.2 Å². The average molecular weight is 318 g/mol. The van der Waals surface area contributed by atoms with E-state index in [-0.39, 0.29) is 5.96 Å². The van der Waals surface area contributed by atoms with E-state index in [2.05, 4.69) is 27.0 Å². The zero-order chi connectivity index (χ0) is 12.7. The number of ether oxygens (including phenoxy) is 1. The van der Waals surface area contributed by atoms with Crippen molar-refractivity contribution in [2.24, 2.45) is 16.5 Å². The number of rotatable bonds is 6. The average Bonchev–Trinajstić information content (AvgIpc) is 2.28. The van der Waals surface area contributed by atoms with Crippen LogP contribution in [0.15, 0.2) is 27.7 Å². The first-order valence-electron chi connectivity index (χ1n) is 5.09. The van der Waals surface area contributed by atoms with E-state index in [1.165, 1.54) is 0 Å². The fraction of sp³-hybridized carbons (Fsp3) is 0.364. The Morgan fingerprint density at radius 2 is 2.24 bits per heavy atom. The molecule has 4 nitrogen and oxygen atoms in total. The Morgan fingerprint density at radius 1 is 1.47 bits per heavy atom. The normalized spacial score (nSPS) is 10.0. The van der Waals surface area contributed by atoms with Crippen LogP contribution in [0, 0.1) is 0 Å². The van der Waals surface area contributed by atoms with Crippen LogP contribution < -0.4 is 16.2 Å². The van der Waals surface area contributed by atoms with Crippen molar-refractivity contribution in [2.45, 2.75) is 5.75 Å². The Hall–Kier alpha value is -0.880. The minimum Gasteiger partial charge on any atom is -0.496 e. The molecule has 0 spiro atoms. The van der Waals surface area contributed by atoms with Crippen LogP contribution in [0.3, 0.4) is 0 Å². The Labute approximate surface area is 114 Å². The highest BCUT2D eigenvalue weighted by molar-refractivity contribution is 9.10. The number of thioether (sulfide) groups is 1. The lowest BCUT2D eigenvalue weighted by Gasteiger charge is -2.08. The molecule has 0 atom stereocenters. The summed E-state index contributed by atoms with van der Waals surface area (Å²) in [7, 11) is 1.68. The maximum Gasteiger partial charge on any atom is 0.185 e. The molecule has 0 fully saturated rings. The quantitative estimate of drug-likeness (QED) is 0.478. The highest BCUT2D eigenvalue weighted by Gasteiger charge is 2.03. The maximum atomic E-state index is 5.29. The zero-order valence-electron chi connectivity index (χ0n) is 9.65. The molecular formula is C11H16BrN3OS. The van der Waals surface area contributed by atoms with Crippen molar-refractivity contribution in [3.63, 3.8) is 0 Å². The summed E-state index contributed by atoms with van der Waals surface area (Å²) in [6.07, 6.45) is 0. The molecule has 0 aromatic heterocycles. The summed E-state index contributed by atoms with van der Waals surface area (Å²) < 4.78 is 6.35. The van der Waals surface area contributed by atoms with Gasteiger partial charge in [0.25, 0.3) is 0 Å². The second kappa shape index (κ2) is 7.45. The first-order chi connectivity index (χ1) is 8.13. The van der Waals surface area contributed by atoms with Crippen molar-refractivity contribution >= 4 is 33.7 Å². The summed E-state index contributed by atoms with van der Waals surface area (Å²) in [5.74, 6) is 2.81. The molecule has 1 rings (SSSR count). The standard InChI is InChI=1S/C11H16BrN3OS/c1-16-10-3-2-9(12)6-8(10)7-17-5-4-15-11(13)14/h2-3,6H,4-5,7H2,1H3,(H4,13,14,15). The van der Waals surface area contributed by atoms with Gasteiger partial charge in [-0.15, -0.1) is 0 Å². The van der Waals surface area contributed by atoms with E-state index >= 15 is 0 Å². The van der Waals surface area contributed by atoms with Gasteiger partial charge in [-0.2, -0.15) is 11.8 Å². The van der Waals surface area contributed by atoms with Gasteiger partial charge in [-0.1, -0.05) is 15.9 Å². The zero-order valence-corrected chi connectivity index (χ0v) is 12.1. The molecule has 0 radical (unpaired) electrons. The fourth-order valence-electron chi connectivity index (χ4n) is 1.28. The third-order valence-corrected chi connectivity index (χ3v) is 3.51. The molecule has 94 valence electrons. The van der Waals surface area contributed by atoms with E-state index in [0.29, 0.717) is 6.54 Å². The van der Waals surface area contributed by atoms with Crippen LogP contribution in [0.25, 0.3) is 0 Å². The van der Waals surface area contributed by atoms with E-state index in [1.807, 2.05) is 12.1 Å². The van der Waals surface area contributed by atoms with Crippen LogP contribution in [0.1, 0.15) is 5.56 Å². The van der Waals surface area contributed by atoms with Gasteiger partial charge in [0.1, 0.15) is 5.75 Å². The number of halogens is 1. The summed E-state index contributed by atoms with van der Waals surface area (Å²) in [6, 6.07) is 5.98. The maximum absolute atomic E-state index is 5.29. The van der Waals surface area contributed by atoms with Gasteiger partial charge in [-0.3, -0.25) is 4.99 Å². The van der Waals surface area contributed by atoms with Gasteiger partial charge >= 0.3 is 0 Å². The minimum absolute atomic E-state index is 0.144. The lowest BCUT2D eigenvalue weighted by molar-refractivity contribution is 0.411. The summed E-state index contributed by atoms with van der Waals surface area (Å²) >= 11 is 5.22. The molecule has 0 saturated carbocycles. The van der Waals surface area contributed by atoms with Gasteiger partial charge < -0.3 is 16.2 Å². The molecule has 6 heteroatoms. The van der Waals surface area contributed by atoms with Crippen molar-refractivity contribution in [2.75, 3.05) is 19.4 Å². The Kier molecular flexibility index (Phi) is 6.21. The number of benzene rings is 1. The van der Waals surface area contributed by atoms with Gasteiger partial charge in [0, 0.05) is 21.5 Å². The third-order valence-electron chi connectivity index (χ3n) is 2.03. The Morgan fingerprint density at radius 3 is 2.88 bits per heavy atom. The molecular weight excluding hydrogens is 302 g/mol. The molecule has 0 saturated heterocycles. The molecule has 0 unspecified atom stereocenters. The van der Waals surface area contributed by atoms with Crippen molar-refractivity contribution < 1.29 is 4.74 Å². The first kappa shape index (κ1) is 14.2.